The molecule has 188 valence electrons. The summed E-state index contributed by atoms with van der Waals surface area (Å²) in [6, 6.07) is 24.9. The molecule has 6 nitrogen and oxygen atoms in total. The Labute approximate surface area is 213 Å². The second kappa shape index (κ2) is 10.6. The maximum atomic E-state index is 11.6. The summed E-state index contributed by atoms with van der Waals surface area (Å²) in [6.07, 6.45) is -0.551. The lowest BCUT2D eigenvalue weighted by Crippen LogP contribution is -3.15. The first kappa shape index (κ1) is 24.2. The monoisotopic (exact) mass is 486 g/mol. The van der Waals surface area contributed by atoms with Crippen LogP contribution in [0.2, 0.25) is 0 Å². The standard InChI is InChI=1S/C30H35N3O3/c1-22-30(25-19-24(35-2)13-14-26(25)33(22)20-23-9-5-4-6-10-23)28(34)21-31-15-17-32(18-16-31)27-11-7-8-12-29(27)36-3/h4-14,19,28,34H,15-18,20-21H2,1-3H3/p+1/t28-/m1/s1. The van der Waals surface area contributed by atoms with E-state index < -0.39 is 6.10 Å². The van der Waals surface area contributed by atoms with Crippen molar-refractivity contribution in [3.05, 3.63) is 89.6 Å². The van der Waals surface area contributed by atoms with Gasteiger partial charge in [-0.2, -0.15) is 0 Å². The minimum atomic E-state index is -0.551. The van der Waals surface area contributed by atoms with Crippen molar-refractivity contribution in [3.8, 4) is 11.5 Å². The number of nitrogens with one attached hydrogen (secondary N) is 1. The van der Waals surface area contributed by atoms with Gasteiger partial charge in [-0.3, -0.25) is 0 Å². The van der Waals surface area contributed by atoms with Crippen LogP contribution >= 0.6 is 0 Å². The Kier molecular flexibility index (Phi) is 7.16. The number of methoxy groups -OCH3 is 2. The molecule has 1 aliphatic rings. The molecular weight excluding hydrogens is 450 g/mol. The molecule has 0 bridgehead atoms. The number of quaternary nitrogens is 1. The Hall–Kier alpha value is -3.48. The van der Waals surface area contributed by atoms with Gasteiger partial charge >= 0.3 is 0 Å². The molecule has 6 heteroatoms. The average molecular weight is 487 g/mol. The van der Waals surface area contributed by atoms with Gasteiger partial charge in [-0.05, 0) is 42.8 Å². The minimum Gasteiger partial charge on any atom is -0.497 e. The minimum absolute atomic E-state index is 0.551. The summed E-state index contributed by atoms with van der Waals surface area (Å²) in [5.74, 6) is 1.72. The van der Waals surface area contributed by atoms with Gasteiger partial charge in [0.1, 0.15) is 24.1 Å². The van der Waals surface area contributed by atoms with Crippen LogP contribution in [0.1, 0.15) is 22.9 Å². The summed E-state index contributed by atoms with van der Waals surface area (Å²) >= 11 is 0. The van der Waals surface area contributed by atoms with E-state index in [1.807, 2.05) is 24.3 Å². The van der Waals surface area contributed by atoms with E-state index in [0.717, 1.165) is 72.1 Å². The number of anilines is 1. The quantitative estimate of drug-likeness (QED) is 0.401. The highest BCUT2D eigenvalue weighted by atomic mass is 16.5. The molecule has 0 amide bonds. The third kappa shape index (κ3) is 4.79. The molecule has 4 aromatic rings. The van der Waals surface area contributed by atoms with Crippen LogP contribution in [-0.4, -0.2) is 56.6 Å². The molecule has 0 aliphatic carbocycles. The summed E-state index contributed by atoms with van der Waals surface area (Å²) in [4.78, 5) is 3.80. The zero-order valence-electron chi connectivity index (χ0n) is 21.4. The van der Waals surface area contributed by atoms with Gasteiger partial charge in [0.15, 0.2) is 0 Å². The molecule has 2 heterocycles. The van der Waals surface area contributed by atoms with Crippen molar-refractivity contribution in [2.75, 3.05) is 51.8 Å². The molecule has 1 aliphatic heterocycles. The average Bonchev–Trinajstić information content (AvgIpc) is 3.19. The first-order chi connectivity index (χ1) is 17.6. The number of aliphatic hydroxyl groups is 1. The van der Waals surface area contributed by atoms with Gasteiger partial charge in [0.05, 0.1) is 46.1 Å². The number of aliphatic hydroxyl groups excluding tert-OH is 1. The molecule has 0 radical (unpaired) electrons. The number of hydrogen-bond acceptors (Lipinski definition) is 4. The van der Waals surface area contributed by atoms with Crippen LogP contribution in [0.3, 0.4) is 0 Å². The third-order valence-electron chi connectivity index (χ3n) is 7.47. The number of fused-ring (bicyclic) bond motifs is 1. The van der Waals surface area contributed by atoms with E-state index in [-0.39, 0.29) is 0 Å². The number of hydrogen-bond donors (Lipinski definition) is 2. The van der Waals surface area contributed by atoms with Gasteiger partial charge < -0.3 is 28.9 Å². The van der Waals surface area contributed by atoms with Gasteiger partial charge in [0.25, 0.3) is 0 Å². The maximum absolute atomic E-state index is 11.6. The summed E-state index contributed by atoms with van der Waals surface area (Å²) < 4.78 is 13.4. The first-order valence-electron chi connectivity index (χ1n) is 12.7. The van der Waals surface area contributed by atoms with E-state index in [9.17, 15) is 5.11 Å². The number of para-hydroxylation sites is 2. The molecular formula is C30H36N3O3+. The molecule has 0 saturated carbocycles. The summed E-state index contributed by atoms with van der Waals surface area (Å²) in [5.41, 5.74) is 5.64. The lowest BCUT2D eigenvalue weighted by molar-refractivity contribution is -0.904. The largest absolute Gasteiger partial charge is 0.497 e. The number of benzene rings is 3. The molecule has 0 unspecified atom stereocenters. The van der Waals surface area contributed by atoms with Gasteiger partial charge in [-0.25, -0.2) is 0 Å². The lowest BCUT2D eigenvalue weighted by Gasteiger charge is -2.35. The first-order valence-corrected chi connectivity index (χ1v) is 12.7. The molecule has 2 N–H and O–H groups in total. The molecule has 5 rings (SSSR count). The van der Waals surface area contributed by atoms with Crippen molar-refractivity contribution in [3.63, 3.8) is 0 Å². The predicted octanol–water partition coefficient (Wildman–Crippen LogP) is 3.45. The van der Waals surface area contributed by atoms with Gasteiger partial charge in [0, 0.05) is 28.7 Å². The number of piperazine rings is 1. The summed E-state index contributed by atoms with van der Waals surface area (Å²) in [7, 11) is 3.42. The zero-order chi connectivity index (χ0) is 25.1. The maximum Gasteiger partial charge on any atom is 0.142 e. The van der Waals surface area contributed by atoms with E-state index in [2.05, 4.69) is 64.9 Å². The number of nitrogens with zero attached hydrogens (tertiary/aromatic N) is 2. The molecule has 1 fully saturated rings. The highest BCUT2D eigenvalue weighted by Gasteiger charge is 2.28. The summed E-state index contributed by atoms with van der Waals surface area (Å²) in [5, 5.41) is 12.6. The van der Waals surface area contributed by atoms with Gasteiger partial charge in [0.2, 0.25) is 0 Å². The molecule has 1 aromatic heterocycles. The predicted molar refractivity (Wildman–Crippen MR) is 145 cm³/mol. The fourth-order valence-corrected chi connectivity index (χ4v) is 5.54. The van der Waals surface area contributed by atoms with Crippen LogP contribution in [0.5, 0.6) is 11.5 Å². The van der Waals surface area contributed by atoms with Crippen LogP contribution in [0, 0.1) is 6.92 Å². The highest BCUT2D eigenvalue weighted by Crippen LogP contribution is 2.34. The van der Waals surface area contributed by atoms with Crippen molar-refractivity contribution in [2.45, 2.75) is 19.6 Å². The fourth-order valence-electron chi connectivity index (χ4n) is 5.54. The molecule has 1 atom stereocenters. The van der Waals surface area contributed by atoms with E-state index >= 15 is 0 Å². The van der Waals surface area contributed by atoms with Crippen LogP contribution in [0.15, 0.2) is 72.8 Å². The Bertz CT molecular complexity index is 1310. The normalized spacial score (nSPS) is 15.3. The van der Waals surface area contributed by atoms with Crippen molar-refractivity contribution in [2.24, 2.45) is 0 Å². The highest BCUT2D eigenvalue weighted by molar-refractivity contribution is 5.87. The topological polar surface area (TPSA) is 51.3 Å². The van der Waals surface area contributed by atoms with Crippen LogP contribution in [0.4, 0.5) is 5.69 Å². The smallest absolute Gasteiger partial charge is 0.142 e. The Morgan fingerprint density at radius 3 is 2.36 bits per heavy atom. The molecule has 36 heavy (non-hydrogen) atoms. The second-order valence-electron chi connectivity index (χ2n) is 9.58. The van der Waals surface area contributed by atoms with E-state index in [1.54, 1.807) is 14.2 Å². The molecule has 3 aromatic carbocycles. The van der Waals surface area contributed by atoms with Crippen molar-refractivity contribution < 1.29 is 19.5 Å². The molecule has 1 saturated heterocycles. The van der Waals surface area contributed by atoms with Crippen molar-refractivity contribution in [1.82, 2.24) is 4.57 Å². The fraction of sp³-hybridized carbons (Fsp3) is 0.333. The van der Waals surface area contributed by atoms with Crippen LogP contribution in [-0.2, 0) is 6.54 Å². The van der Waals surface area contributed by atoms with Crippen molar-refractivity contribution in [1.29, 1.82) is 0 Å². The number of ether oxygens (including phenoxy) is 2. The summed E-state index contributed by atoms with van der Waals surface area (Å²) in [6.45, 7) is 7.40. The Morgan fingerprint density at radius 1 is 0.917 bits per heavy atom. The van der Waals surface area contributed by atoms with Crippen LogP contribution in [0.25, 0.3) is 10.9 Å². The second-order valence-corrected chi connectivity index (χ2v) is 9.58. The van der Waals surface area contributed by atoms with E-state index in [1.165, 1.54) is 10.5 Å². The Balaban J connectivity index is 1.37. The third-order valence-corrected chi connectivity index (χ3v) is 7.47. The van der Waals surface area contributed by atoms with E-state index in [0.29, 0.717) is 6.54 Å². The zero-order valence-corrected chi connectivity index (χ0v) is 21.4. The van der Waals surface area contributed by atoms with Crippen molar-refractivity contribution >= 4 is 16.6 Å². The number of aromatic nitrogens is 1. The molecule has 0 spiro atoms. The Morgan fingerprint density at radius 2 is 1.64 bits per heavy atom. The van der Waals surface area contributed by atoms with E-state index in [4.69, 9.17) is 9.47 Å². The number of rotatable bonds is 8. The lowest BCUT2D eigenvalue weighted by atomic mass is 10.0. The van der Waals surface area contributed by atoms with Gasteiger partial charge in [-0.15, -0.1) is 0 Å². The SMILES string of the molecule is COc1ccc2c(c1)c([C@H](O)C[NH+]1CCN(c3ccccc3OC)CC1)c(C)n2Cc1ccccc1. The van der Waals surface area contributed by atoms with Crippen LogP contribution < -0.4 is 19.3 Å². The van der Waals surface area contributed by atoms with Gasteiger partial charge in [-0.1, -0.05) is 42.5 Å².